The van der Waals surface area contributed by atoms with Gasteiger partial charge in [-0.05, 0) is 37.9 Å². The van der Waals surface area contributed by atoms with E-state index in [0.29, 0.717) is 6.04 Å². The molecule has 4 nitrogen and oxygen atoms in total. The van der Waals surface area contributed by atoms with E-state index >= 15 is 0 Å². The van der Waals surface area contributed by atoms with Gasteiger partial charge in [0.1, 0.15) is 0 Å². The van der Waals surface area contributed by atoms with Gasteiger partial charge in [0.15, 0.2) is 17.1 Å². The van der Waals surface area contributed by atoms with E-state index in [-0.39, 0.29) is 0 Å². The molecule has 16 heavy (non-hydrogen) atoms. The van der Waals surface area contributed by atoms with Crippen LogP contribution in [-0.4, -0.2) is 22.6 Å². The lowest BCUT2D eigenvalue weighted by Crippen LogP contribution is -2.21. The lowest BCUT2D eigenvalue weighted by atomic mass is 10.1. The van der Waals surface area contributed by atoms with Gasteiger partial charge >= 0.3 is 0 Å². The normalized spacial score (nSPS) is 20.6. The van der Waals surface area contributed by atoms with Gasteiger partial charge in [-0.15, -0.1) is 0 Å². The van der Waals surface area contributed by atoms with E-state index in [1.165, 1.54) is 12.8 Å². The van der Waals surface area contributed by atoms with Crippen molar-refractivity contribution < 1.29 is 4.42 Å². The van der Waals surface area contributed by atoms with Crippen LogP contribution in [0.4, 0.5) is 0 Å². The molecular formula is C12H15N3O. The molecule has 1 unspecified atom stereocenters. The molecule has 1 aliphatic rings. The van der Waals surface area contributed by atoms with Gasteiger partial charge in [-0.3, -0.25) is 0 Å². The summed E-state index contributed by atoms with van der Waals surface area (Å²) in [5, 5.41) is 3.48. The minimum Gasteiger partial charge on any atom is -0.439 e. The molecule has 1 atom stereocenters. The van der Waals surface area contributed by atoms with Crippen LogP contribution in [0.1, 0.15) is 25.2 Å². The van der Waals surface area contributed by atoms with Crippen molar-refractivity contribution in [2.45, 2.75) is 31.7 Å². The van der Waals surface area contributed by atoms with E-state index in [1.54, 1.807) is 6.20 Å². The Bertz CT molecular complexity index is 441. The maximum absolute atomic E-state index is 5.63. The maximum Gasteiger partial charge on any atom is 0.198 e. The zero-order chi connectivity index (χ0) is 10.8. The highest BCUT2D eigenvalue weighted by molar-refractivity contribution is 5.66. The van der Waals surface area contributed by atoms with Crippen LogP contribution >= 0.6 is 0 Å². The molecule has 4 heteroatoms. The first-order chi connectivity index (χ1) is 7.92. The second-order valence-corrected chi connectivity index (χ2v) is 4.26. The predicted molar refractivity (Wildman–Crippen MR) is 61.1 cm³/mol. The number of rotatable bonds is 3. The molecule has 2 aromatic heterocycles. The second kappa shape index (κ2) is 4.22. The summed E-state index contributed by atoms with van der Waals surface area (Å²) >= 11 is 0. The van der Waals surface area contributed by atoms with Crippen LogP contribution in [0.2, 0.25) is 0 Å². The molecule has 0 radical (unpaired) electrons. The van der Waals surface area contributed by atoms with Crippen molar-refractivity contribution in [1.82, 2.24) is 15.3 Å². The topological polar surface area (TPSA) is 51.0 Å². The molecule has 0 amide bonds. The molecule has 84 valence electrons. The fourth-order valence-corrected chi connectivity index (χ4v) is 2.22. The SMILES string of the molecule is c1cnc2nc(CCC3CCCN3)oc2c1. The lowest BCUT2D eigenvalue weighted by molar-refractivity contribution is 0.481. The molecule has 2 aromatic rings. The summed E-state index contributed by atoms with van der Waals surface area (Å²) < 4.78 is 5.63. The zero-order valence-corrected chi connectivity index (χ0v) is 9.15. The Hall–Kier alpha value is -1.42. The largest absolute Gasteiger partial charge is 0.439 e. The molecule has 0 saturated carbocycles. The quantitative estimate of drug-likeness (QED) is 0.853. The summed E-state index contributed by atoms with van der Waals surface area (Å²) in [5.74, 6) is 0.808. The Morgan fingerprint density at radius 1 is 1.50 bits per heavy atom. The Morgan fingerprint density at radius 2 is 2.50 bits per heavy atom. The van der Waals surface area contributed by atoms with Crippen molar-refractivity contribution in [2.24, 2.45) is 0 Å². The van der Waals surface area contributed by atoms with E-state index < -0.39 is 0 Å². The number of pyridine rings is 1. The smallest absolute Gasteiger partial charge is 0.198 e. The van der Waals surface area contributed by atoms with Gasteiger partial charge in [0.2, 0.25) is 0 Å². The number of aryl methyl sites for hydroxylation is 1. The number of hydrogen-bond donors (Lipinski definition) is 1. The molecular weight excluding hydrogens is 202 g/mol. The molecule has 3 rings (SSSR count). The van der Waals surface area contributed by atoms with Crippen molar-refractivity contribution in [1.29, 1.82) is 0 Å². The van der Waals surface area contributed by atoms with Crippen LogP contribution in [0, 0.1) is 0 Å². The van der Waals surface area contributed by atoms with Gasteiger partial charge in [0.05, 0.1) is 0 Å². The number of oxazole rings is 1. The van der Waals surface area contributed by atoms with E-state index in [0.717, 1.165) is 36.5 Å². The molecule has 1 N–H and O–H groups in total. The third-order valence-corrected chi connectivity index (χ3v) is 3.08. The van der Waals surface area contributed by atoms with Crippen LogP contribution in [0.5, 0.6) is 0 Å². The number of fused-ring (bicyclic) bond motifs is 1. The summed E-state index contributed by atoms with van der Waals surface area (Å²) in [7, 11) is 0. The van der Waals surface area contributed by atoms with Crippen molar-refractivity contribution in [3.05, 3.63) is 24.2 Å². The first kappa shape index (κ1) is 9.78. The van der Waals surface area contributed by atoms with Crippen LogP contribution in [0.25, 0.3) is 11.2 Å². The van der Waals surface area contributed by atoms with Crippen LogP contribution < -0.4 is 5.32 Å². The van der Waals surface area contributed by atoms with E-state index in [4.69, 9.17) is 4.42 Å². The maximum atomic E-state index is 5.63. The van der Waals surface area contributed by atoms with E-state index in [2.05, 4.69) is 15.3 Å². The highest BCUT2D eigenvalue weighted by Gasteiger charge is 2.15. The molecule has 3 heterocycles. The third-order valence-electron chi connectivity index (χ3n) is 3.08. The van der Waals surface area contributed by atoms with Crippen molar-refractivity contribution in [2.75, 3.05) is 6.54 Å². The molecule has 1 aliphatic heterocycles. The fourth-order valence-electron chi connectivity index (χ4n) is 2.22. The molecule has 0 aromatic carbocycles. The first-order valence-electron chi connectivity index (χ1n) is 5.85. The van der Waals surface area contributed by atoms with Crippen molar-refractivity contribution in [3.8, 4) is 0 Å². The Kier molecular flexibility index (Phi) is 2.58. The van der Waals surface area contributed by atoms with Gasteiger partial charge in [0, 0.05) is 18.7 Å². The monoisotopic (exact) mass is 217 g/mol. The van der Waals surface area contributed by atoms with Gasteiger partial charge in [-0.2, -0.15) is 4.98 Å². The number of nitrogens with one attached hydrogen (secondary N) is 1. The number of nitrogens with zero attached hydrogens (tertiary/aromatic N) is 2. The molecule has 0 spiro atoms. The van der Waals surface area contributed by atoms with Crippen LogP contribution in [0.15, 0.2) is 22.7 Å². The lowest BCUT2D eigenvalue weighted by Gasteiger charge is -2.06. The predicted octanol–water partition coefficient (Wildman–Crippen LogP) is 1.91. The Labute approximate surface area is 94.1 Å². The first-order valence-corrected chi connectivity index (χ1v) is 5.85. The minimum absolute atomic E-state index is 0.642. The third kappa shape index (κ3) is 1.93. The average Bonchev–Trinajstić information content (AvgIpc) is 2.95. The van der Waals surface area contributed by atoms with Gasteiger partial charge in [0.25, 0.3) is 0 Å². The van der Waals surface area contributed by atoms with Crippen LogP contribution in [-0.2, 0) is 6.42 Å². The highest BCUT2D eigenvalue weighted by atomic mass is 16.3. The Balaban J connectivity index is 1.69. The number of aromatic nitrogens is 2. The molecule has 0 bridgehead atoms. The van der Waals surface area contributed by atoms with Gasteiger partial charge in [-0.1, -0.05) is 0 Å². The molecule has 0 aliphatic carbocycles. The summed E-state index contributed by atoms with van der Waals surface area (Å²) in [5.41, 5.74) is 1.51. The summed E-state index contributed by atoms with van der Waals surface area (Å²) in [6.07, 6.45) is 6.31. The van der Waals surface area contributed by atoms with Crippen molar-refractivity contribution >= 4 is 11.2 Å². The molecule has 1 saturated heterocycles. The zero-order valence-electron chi connectivity index (χ0n) is 9.15. The fraction of sp³-hybridized carbons (Fsp3) is 0.500. The highest BCUT2D eigenvalue weighted by Crippen LogP contribution is 2.16. The Morgan fingerprint density at radius 3 is 3.31 bits per heavy atom. The van der Waals surface area contributed by atoms with Crippen molar-refractivity contribution in [3.63, 3.8) is 0 Å². The average molecular weight is 217 g/mol. The minimum atomic E-state index is 0.642. The molecule has 1 fully saturated rings. The van der Waals surface area contributed by atoms with E-state index in [1.807, 2.05) is 12.1 Å². The summed E-state index contributed by atoms with van der Waals surface area (Å²) in [6.45, 7) is 1.15. The second-order valence-electron chi connectivity index (χ2n) is 4.26. The van der Waals surface area contributed by atoms with Gasteiger partial charge < -0.3 is 9.73 Å². The van der Waals surface area contributed by atoms with Gasteiger partial charge in [-0.25, -0.2) is 4.98 Å². The summed E-state index contributed by atoms with van der Waals surface area (Å²) in [6, 6.07) is 4.42. The van der Waals surface area contributed by atoms with E-state index in [9.17, 15) is 0 Å². The summed E-state index contributed by atoms with van der Waals surface area (Å²) in [4.78, 5) is 8.53. The number of hydrogen-bond acceptors (Lipinski definition) is 4. The van der Waals surface area contributed by atoms with Crippen LogP contribution in [0.3, 0.4) is 0 Å². The standard InChI is InChI=1S/C12H15N3O/c1-3-9(13-7-1)5-6-11-15-12-10(16-11)4-2-8-14-12/h2,4,8-9,13H,1,3,5-7H2.